The zero-order valence-corrected chi connectivity index (χ0v) is 39.2. The van der Waals surface area contributed by atoms with Crippen LogP contribution in [-0.4, -0.2) is 85.3 Å². The first kappa shape index (κ1) is 45.6. The van der Waals surface area contributed by atoms with Gasteiger partial charge in [0.15, 0.2) is 0 Å². The number of phenolic OH excluding ortho intramolecular Hbond substituents is 1. The van der Waals surface area contributed by atoms with E-state index in [0.29, 0.717) is 24.3 Å². The molecule has 2 aliphatic rings. The van der Waals surface area contributed by atoms with Crippen LogP contribution < -0.4 is 9.16 Å². The van der Waals surface area contributed by atoms with Crippen molar-refractivity contribution in [3.63, 3.8) is 0 Å². The van der Waals surface area contributed by atoms with E-state index in [0.717, 1.165) is 63.1 Å². The second kappa shape index (κ2) is 19.6. The fraction of sp³-hybridized carbons (Fsp3) is 0.659. The SMILES string of the molecule is CCC[CH2][Sn]([CH2]CCC)([CH2]CCC)/[C](=C/CC1(O)Cc2cc(O[Si](C)(C)C(C)(C)C)cc(O)c2C(=O)O1)[C@H](OCc1ccc(OC)cc1)[C@H]1O[C@@H]1C[C@H](C)O. The van der Waals surface area contributed by atoms with Crippen molar-refractivity contribution in [2.75, 3.05) is 7.11 Å². The van der Waals surface area contributed by atoms with E-state index in [1.807, 2.05) is 24.3 Å². The number of aromatic hydroxyl groups is 1. The number of unbranched alkanes of at least 4 members (excludes halogenated alkanes) is 3. The molecule has 0 spiro atoms. The summed E-state index contributed by atoms with van der Waals surface area (Å²) < 4.78 is 35.9. The van der Waals surface area contributed by atoms with E-state index < -0.39 is 44.6 Å². The molecule has 11 heteroatoms. The molecule has 0 aliphatic carbocycles. The molecule has 0 aromatic heterocycles. The molecular formula is C44H70O9SiSn. The number of ether oxygens (including phenoxy) is 4. The minimum atomic E-state index is -3.35. The second-order valence-electron chi connectivity index (χ2n) is 17.6. The molecule has 2 aromatic carbocycles. The summed E-state index contributed by atoms with van der Waals surface area (Å²) in [5, 5.41) is 33.6. The van der Waals surface area contributed by atoms with Crippen LogP contribution in [0.1, 0.15) is 121 Å². The monoisotopic (exact) mass is 890 g/mol. The molecule has 4 rings (SSSR count). The number of esters is 1. The number of carbonyl (C=O) groups excluding carboxylic acids is 1. The summed E-state index contributed by atoms with van der Waals surface area (Å²) in [6.07, 6.45) is 8.19. The first-order valence-corrected chi connectivity index (χ1v) is 31.1. The Kier molecular flexibility index (Phi) is 16.2. The van der Waals surface area contributed by atoms with Gasteiger partial charge in [0.1, 0.15) is 0 Å². The second-order valence-corrected chi connectivity index (χ2v) is 35.6. The number of hydrogen-bond acceptors (Lipinski definition) is 9. The average molecular weight is 890 g/mol. The van der Waals surface area contributed by atoms with Gasteiger partial charge < -0.3 is 0 Å². The number of cyclic esters (lactones) is 1. The number of carbonyl (C=O) groups is 1. The molecular weight excluding hydrogens is 819 g/mol. The Morgan fingerprint density at radius 1 is 1.02 bits per heavy atom. The summed E-state index contributed by atoms with van der Waals surface area (Å²) >= 11 is -3.35. The van der Waals surface area contributed by atoms with Gasteiger partial charge in [0.25, 0.3) is 0 Å². The molecule has 1 unspecified atom stereocenters. The van der Waals surface area contributed by atoms with Crippen LogP contribution in [0.2, 0.25) is 31.4 Å². The van der Waals surface area contributed by atoms with Crippen LogP contribution in [-0.2, 0) is 27.2 Å². The van der Waals surface area contributed by atoms with Crippen LogP contribution >= 0.6 is 0 Å². The molecule has 0 saturated carbocycles. The van der Waals surface area contributed by atoms with Crippen molar-refractivity contribution in [2.24, 2.45) is 0 Å². The molecule has 2 aromatic rings. The van der Waals surface area contributed by atoms with Crippen LogP contribution in [0.3, 0.4) is 0 Å². The van der Waals surface area contributed by atoms with Gasteiger partial charge in [-0.2, -0.15) is 0 Å². The summed E-state index contributed by atoms with van der Waals surface area (Å²) in [6, 6.07) is 11.2. The Morgan fingerprint density at radius 2 is 1.62 bits per heavy atom. The molecule has 55 heavy (non-hydrogen) atoms. The van der Waals surface area contributed by atoms with Gasteiger partial charge in [0.05, 0.1) is 0 Å². The molecule has 0 bridgehead atoms. The number of epoxide rings is 1. The van der Waals surface area contributed by atoms with Crippen molar-refractivity contribution in [1.29, 1.82) is 0 Å². The van der Waals surface area contributed by atoms with Crippen LogP contribution in [0.15, 0.2) is 46.1 Å². The number of benzene rings is 2. The zero-order valence-electron chi connectivity index (χ0n) is 35.3. The summed E-state index contributed by atoms with van der Waals surface area (Å²) in [6.45, 7) is 19.6. The molecule has 3 N–H and O–H groups in total. The Morgan fingerprint density at radius 3 is 2.15 bits per heavy atom. The molecule has 308 valence electrons. The van der Waals surface area contributed by atoms with Crippen molar-refractivity contribution in [3.8, 4) is 17.2 Å². The van der Waals surface area contributed by atoms with E-state index in [9.17, 15) is 20.1 Å². The van der Waals surface area contributed by atoms with E-state index in [1.165, 1.54) is 9.66 Å². The van der Waals surface area contributed by atoms with E-state index in [2.05, 4.69) is 60.7 Å². The third kappa shape index (κ3) is 12.0. The first-order valence-electron chi connectivity index (χ1n) is 20.7. The predicted molar refractivity (Wildman–Crippen MR) is 224 cm³/mol. The van der Waals surface area contributed by atoms with Crippen LogP contribution in [0.25, 0.3) is 0 Å². The van der Waals surface area contributed by atoms with E-state index in [1.54, 1.807) is 20.1 Å². The Bertz CT molecular complexity index is 1560. The number of aliphatic hydroxyl groups is 2. The molecule has 2 heterocycles. The standard InChI is InChI=1S/C32H43O9Si.3C4H9.Sn/c1-20(33)15-27-29(39-27)26(38-19-21-10-12-23(37-5)13-11-21)9-8-14-32(36)18-22-16-24(41-42(6,7)31(2,3)4)17-25(34)28(22)30(35)40-32;3*1-3-4-2;/h8,10-13,16-17,20,26-27,29,33-34,36H,14-15,18-19H2,1-7H3;3*1,3-4H2,2H3;/t20-,26-,27+,29+,32?;;;;/m0..../s1. The average Bonchev–Trinajstić information content (AvgIpc) is 3.86. The van der Waals surface area contributed by atoms with Crippen molar-refractivity contribution in [1.82, 2.24) is 0 Å². The molecule has 9 nitrogen and oxygen atoms in total. The van der Waals surface area contributed by atoms with Crippen LogP contribution in [0, 0.1) is 0 Å². The molecule has 5 atom stereocenters. The van der Waals surface area contributed by atoms with E-state index >= 15 is 0 Å². The van der Waals surface area contributed by atoms with Gasteiger partial charge in [-0.1, -0.05) is 0 Å². The number of hydrogen-bond donors (Lipinski definition) is 3. The van der Waals surface area contributed by atoms with Gasteiger partial charge in [-0.15, -0.1) is 0 Å². The first-order chi connectivity index (χ1) is 25.9. The Labute approximate surface area is 336 Å². The van der Waals surface area contributed by atoms with E-state index in [4.69, 9.17) is 23.4 Å². The van der Waals surface area contributed by atoms with Crippen LogP contribution in [0.5, 0.6) is 17.2 Å². The number of phenols is 1. The maximum atomic E-state index is 13.6. The molecule has 1 fully saturated rings. The van der Waals surface area contributed by atoms with Crippen molar-refractivity contribution in [3.05, 3.63) is 62.8 Å². The molecule has 0 radical (unpaired) electrons. The van der Waals surface area contributed by atoms with Gasteiger partial charge in [0, 0.05) is 0 Å². The fourth-order valence-electron chi connectivity index (χ4n) is 7.69. The van der Waals surface area contributed by atoms with Gasteiger partial charge >= 0.3 is 338 Å². The summed E-state index contributed by atoms with van der Waals surface area (Å²) in [5.74, 6) is -1.51. The number of rotatable bonds is 22. The summed E-state index contributed by atoms with van der Waals surface area (Å²) in [5.41, 5.74) is 1.60. The topological polar surface area (TPSA) is 127 Å². The normalized spacial score (nSPS) is 21.5. The number of aliphatic hydroxyl groups excluding tert-OH is 1. The molecule has 2 aliphatic heterocycles. The number of methoxy groups -OCH3 is 1. The summed E-state index contributed by atoms with van der Waals surface area (Å²) in [4.78, 5) is 13.6. The molecule has 0 amide bonds. The zero-order chi connectivity index (χ0) is 40.6. The Hall–Kier alpha value is -2.09. The van der Waals surface area contributed by atoms with Gasteiger partial charge in [-0.3, -0.25) is 0 Å². The van der Waals surface area contributed by atoms with Crippen LogP contribution in [0.4, 0.5) is 0 Å². The quantitative estimate of drug-likeness (QED) is 0.0602. The van der Waals surface area contributed by atoms with Crippen molar-refractivity contribution < 1.29 is 43.5 Å². The Balaban J connectivity index is 1.81. The number of fused-ring (bicyclic) bond motifs is 1. The van der Waals surface area contributed by atoms with Crippen molar-refractivity contribution >= 4 is 32.7 Å². The third-order valence-corrected chi connectivity index (χ3v) is 32.4. The van der Waals surface area contributed by atoms with Crippen molar-refractivity contribution in [2.45, 2.75) is 175 Å². The molecule has 1 saturated heterocycles. The van der Waals surface area contributed by atoms with E-state index in [-0.39, 0.29) is 47.5 Å². The van der Waals surface area contributed by atoms with Gasteiger partial charge in [-0.05, 0) is 0 Å². The van der Waals surface area contributed by atoms with Gasteiger partial charge in [0.2, 0.25) is 0 Å². The maximum absolute atomic E-state index is 13.6. The minimum absolute atomic E-state index is 0.0173. The van der Waals surface area contributed by atoms with Gasteiger partial charge in [-0.25, -0.2) is 0 Å². The predicted octanol–water partition coefficient (Wildman–Crippen LogP) is 10.0. The fourth-order valence-corrected chi connectivity index (χ4v) is 26.1. The third-order valence-electron chi connectivity index (χ3n) is 12.0. The summed E-state index contributed by atoms with van der Waals surface area (Å²) in [7, 11) is -0.608.